The Morgan fingerprint density at radius 2 is 1.76 bits per heavy atom. The molecule has 4 saturated carbocycles. The van der Waals surface area contributed by atoms with Crippen molar-refractivity contribution in [3.05, 3.63) is 0 Å². The Morgan fingerprint density at radius 1 is 1.00 bits per heavy atom. The molecule has 25 heavy (non-hydrogen) atoms. The minimum absolute atomic E-state index is 0.279. The molecule has 0 saturated heterocycles. The predicted octanol–water partition coefficient (Wildman–Crippen LogP) is 4.94. The zero-order valence-corrected chi connectivity index (χ0v) is 17.1. The van der Waals surface area contributed by atoms with Crippen molar-refractivity contribution in [1.82, 2.24) is 0 Å². The van der Waals surface area contributed by atoms with Gasteiger partial charge in [-0.3, -0.25) is 4.79 Å². The van der Waals surface area contributed by atoms with Crippen LogP contribution in [0.4, 0.5) is 0 Å². The molecule has 0 aliphatic heterocycles. The van der Waals surface area contributed by atoms with Gasteiger partial charge in [-0.15, -0.1) is 0 Å². The monoisotopic (exact) mass is 364 g/mol. The second-order valence-electron chi connectivity index (χ2n) is 10.2. The molecule has 1 N–H and O–H groups in total. The van der Waals surface area contributed by atoms with Crippen LogP contribution < -0.4 is 0 Å². The molecule has 4 aliphatic carbocycles. The van der Waals surface area contributed by atoms with E-state index in [4.69, 9.17) is 0 Å². The van der Waals surface area contributed by atoms with Crippen LogP contribution in [-0.2, 0) is 4.79 Å². The molecule has 0 aromatic heterocycles. The first-order valence-electron chi connectivity index (χ1n) is 10.6. The summed E-state index contributed by atoms with van der Waals surface area (Å²) < 4.78 is 0. The molecule has 2 nitrogen and oxygen atoms in total. The molecule has 4 fully saturated rings. The van der Waals surface area contributed by atoms with Gasteiger partial charge in [0.15, 0.2) is 0 Å². The summed E-state index contributed by atoms with van der Waals surface area (Å²) >= 11 is 1.70. The third-order valence-corrected chi connectivity index (χ3v) is 9.49. The standard InChI is InChI=1S/C22H36O2S/c1-21(24)10-8-15-14(12-21)4-5-17-16(15)9-11-22(2)18(17)6-7-19(22)20(23)13-25-3/h14-19,24H,4-13H2,1-3H3/t14-,15+,16-,17-,18+,19-,21+,22+/m1/s1. The van der Waals surface area contributed by atoms with Crippen LogP contribution in [0.25, 0.3) is 0 Å². The molecule has 142 valence electrons. The van der Waals surface area contributed by atoms with Gasteiger partial charge in [0, 0.05) is 5.92 Å². The number of thioether (sulfide) groups is 1. The van der Waals surface area contributed by atoms with Gasteiger partial charge in [0.1, 0.15) is 5.78 Å². The summed E-state index contributed by atoms with van der Waals surface area (Å²) in [4.78, 5) is 12.7. The molecule has 4 aliphatic rings. The third-order valence-electron chi connectivity index (χ3n) is 8.91. The van der Waals surface area contributed by atoms with E-state index < -0.39 is 5.60 Å². The van der Waals surface area contributed by atoms with Crippen molar-refractivity contribution in [1.29, 1.82) is 0 Å². The van der Waals surface area contributed by atoms with Gasteiger partial charge in [-0.05, 0) is 106 Å². The van der Waals surface area contributed by atoms with E-state index in [2.05, 4.69) is 13.2 Å². The molecular formula is C22H36O2S. The van der Waals surface area contributed by atoms with Gasteiger partial charge in [-0.1, -0.05) is 6.92 Å². The molecule has 8 atom stereocenters. The highest BCUT2D eigenvalue weighted by Gasteiger charge is 2.58. The van der Waals surface area contributed by atoms with Crippen LogP contribution >= 0.6 is 11.8 Å². The largest absolute Gasteiger partial charge is 0.390 e. The summed E-state index contributed by atoms with van der Waals surface area (Å²) in [5, 5.41) is 10.5. The number of Topliss-reactive ketones (excluding diaryl/α,β-unsaturated/α-hetero) is 1. The second-order valence-corrected chi connectivity index (χ2v) is 11.1. The summed E-state index contributed by atoms with van der Waals surface area (Å²) in [5.41, 5.74) is -0.138. The fourth-order valence-corrected chi connectivity index (χ4v) is 8.34. The number of hydrogen-bond acceptors (Lipinski definition) is 3. The van der Waals surface area contributed by atoms with Crippen LogP contribution in [0.2, 0.25) is 0 Å². The van der Waals surface area contributed by atoms with Crippen LogP contribution in [0.1, 0.15) is 71.6 Å². The molecule has 0 radical (unpaired) electrons. The normalized spacial score (nSPS) is 52.2. The fraction of sp³-hybridized carbons (Fsp3) is 0.955. The molecule has 0 spiro atoms. The third kappa shape index (κ3) is 3.02. The lowest BCUT2D eigenvalue weighted by atomic mass is 9.49. The highest BCUT2D eigenvalue weighted by molar-refractivity contribution is 7.99. The average molecular weight is 365 g/mol. The summed E-state index contributed by atoms with van der Waals surface area (Å²) in [5.74, 6) is 5.69. The molecule has 0 aromatic rings. The van der Waals surface area contributed by atoms with Gasteiger partial charge in [0.25, 0.3) is 0 Å². The summed E-state index contributed by atoms with van der Waals surface area (Å²) in [7, 11) is 0. The Hall–Kier alpha value is -0.0200. The molecule has 0 heterocycles. The van der Waals surface area contributed by atoms with Crippen molar-refractivity contribution in [2.75, 3.05) is 12.0 Å². The van der Waals surface area contributed by atoms with Crippen LogP contribution in [0, 0.1) is 40.9 Å². The van der Waals surface area contributed by atoms with E-state index in [1.165, 1.54) is 38.5 Å². The fourth-order valence-electron chi connectivity index (χ4n) is 7.85. The van der Waals surface area contributed by atoms with Gasteiger partial charge in [0.05, 0.1) is 11.4 Å². The number of aliphatic hydroxyl groups is 1. The topological polar surface area (TPSA) is 37.3 Å². The van der Waals surface area contributed by atoms with Crippen molar-refractivity contribution in [2.45, 2.75) is 77.2 Å². The van der Waals surface area contributed by atoms with Crippen molar-refractivity contribution in [3.63, 3.8) is 0 Å². The van der Waals surface area contributed by atoms with Crippen molar-refractivity contribution < 1.29 is 9.90 Å². The first-order valence-corrected chi connectivity index (χ1v) is 12.0. The van der Waals surface area contributed by atoms with Crippen molar-refractivity contribution >= 4 is 17.5 Å². The second kappa shape index (κ2) is 6.55. The number of rotatable bonds is 3. The van der Waals surface area contributed by atoms with Gasteiger partial charge in [-0.2, -0.15) is 11.8 Å². The van der Waals surface area contributed by atoms with Crippen molar-refractivity contribution in [3.8, 4) is 0 Å². The first-order chi connectivity index (χ1) is 11.9. The number of ketones is 1. The number of fused-ring (bicyclic) bond motifs is 5. The van der Waals surface area contributed by atoms with Crippen molar-refractivity contribution in [2.24, 2.45) is 40.9 Å². The van der Waals surface area contributed by atoms with Crippen LogP contribution in [0.5, 0.6) is 0 Å². The maximum absolute atomic E-state index is 12.7. The lowest BCUT2D eigenvalue weighted by molar-refractivity contribution is -0.129. The van der Waals surface area contributed by atoms with E-state index in [0.717, 1.165) is 48.9 Å². The summed E-state index contributed by atoms with van der Waals surface area (Å²) in [6.45, 7) is 4.51. The van der Waals surface area contributed by atoms with E-state index >= 15 is 0 Å². The lowest BCUT2D eigenvalue weighted by Gasteiger charge is -2.56. The number of carbonyl (C=O) groups is 1. The molecular weight excluding hydrogens is 328 g/mol. The minimum atomic E-state index is -0.417. The van der Waals surface area contributed by atoms with Crippen LogP contribution in [0.3, 0.4) is 0 Å². The summed E-state index contributed by atoms with van der Waals surface area (Å²) in [6, 6.07) is 0. The van der Waals surface area contributed by atoms with E-state index in [9.17, 15) is 9.90 Å². The van der Waals surface area contributed by atoms with E-state index in [-0.39, 0.29) is 5.41 Å². The zero-order valence-electron chi connectivity index (χ0n) is 16.3. The quantitative estimate of drug-likeness (QED) is 0.771. The first kappa shape index (κ1) is 18.3. The van der Waals surface area contributed by atoms with Gasteiger partial charge < -0.3 is 5.11 Å². The van der Waals surface area contributed by atoms with Crippen LogP contribution in [0.15, 0.2) is 0 Å². The lowest BCUT2D eigenvalue weighted by Crippen LogP contribution is -2.51. The Labute approximate surface area is 157 Å². The minimum Gasteiger partial charge on any atom is -0.390 e. The maximum atomic E-state index is 12.7. The molecule has 0 amide bonds. The number of hydrogen-bond donors (Lipinski definition) is 1. The molecule has 3 heteroatoms. The highest BCUT2D eigenvalue weighted by Crippen LogP contribution is 2.64. The average Bonchev–Trinajstić information content (AvgIpc) is 2.91. The van der Waals surface area contributed by atoms with E-state index in [1.54, 1.807) is 11.8 Å². The number of carbonyl (C=O) groups excluding carboxylic acids is 1. The van der Waals surface area contributed by atoms with Gasteiger partial charge >= 0.3 is 0 Å². The molecule has 4 rings (SSSR count). The van der Waals surface area contributed by atoms with Gasteiger partial charge in [-0.25, -0.2) is 0 Å². The zero-order chi connectivity index (χ0) is 17.8. The Bertz CT molecular complexity index is 530. The van der Waals surface area contributed by atoms with E-state index in [1.807, 2.05) is 6.92 Å². The predicted molar refractivity (Wildman–Crippen MR) is 105 cm³/mol. The van der Waals surface area contributed by atoms with Crippen LogP contribution in [-0.4, -0.2) is 28.5 Å². The highest BCUT2D eigenvalue weighted by atomic mass is 32.2. The Morgan fingerprint density at radius 3 is 2.52 bits per heavy atom. The SMILES string of the molecule is CSCC(=O)[C@H]1CC[C@H]2[C@@H]3CC[C@@H]4C[C@@](C)(O)CC[C@@H]4[C@H]3CC[C@]12C. The van der Waals surface area contributed by atoms with Gasteiger partial charge in [0.2, 0.25) is 0 Å². The molecule has 0 aromatic carbocycles. The van der Waals surface area contributed by atoms with E-state index in [0.29, 0.717) is 17.5 Å². The molecule has 0 unspecified atom stereocenters. The summed E-state index contributed by atoms with van der Waals surface area (Å²) in [6.07, 6.45) is 13.0. The Kier molecular flexibility index (Phi) is 4.81. The molecule has 0 bridgehead atoms. The Balaban J connectivity index is 1.52. The smallest absolute Gasteiger partial charge is 0.146 e. The maximum Gasteiger partial charge on any atom is 0.146 e.